The molecular formula is C28H39N3O7. The third kappa shape index (κ3) is 4.22. The van der Waals surface area contributed by atoms with E-state index in [0.717, 1.165) is 13.1 Å². The Morgan fingerprint density at radius 3 is 2.61 bits per heavy atom. The van der Waals surface area contributed by atoms with Crippen LogP contribution < -0.4 is 5.32 Å². The number of amides is 2. The van der Waals surface area contributed by atoms with Crippen LogP contribution in [-0.2, 0) is 28.6 Å². The Hall–Kier alpha value is -2.53. The Kier molecular flexibility index (Phi) is 7.52. The number of rotatable bonds is 9. The predicted molar refractivity (Wildman–Crippen MR) is 137 cm³/mol. The topological polar surface area (TPSA) is 118 Å². The fourth-order valence-corrected chi connectivity index (χ4v) is 7.19. The molecule has 0 aliphatic carbocycles. The quantitative estimate of drug-likeness (QED) is 0.450. The number of carbonyl (C=O) groups excluding carboxylic acids is 3. The van der Waals surface area contributed by atoms with Crippen LogP contribution in [0.4, 0.5) is 0 Å². The van der Waals surface area contributed by atoms with Crippen molar-refractivity contribution in [2.45, 2.75) is 50.5 Å². The average Bonchev–Trinajstić information content (AvgIpc) is 3.43. The second-order valence-corrected chi connectivity index (χ2v) is 11.1. The number of aliphatic hydroxyl groups excluding tert-OH is 1. The van der Waals surface area contributed by atoms with E-state index in [0.29, 0.717) is 38.3 Å². The summed E-state index contributed by atoms with van der Waals surface area (Å²) in [7, 11) is 0. The van der Waals surface area contributed by atoms with Crippen molar-refractivity contribution in [2.75, 3.05) is 52.6 Å². The SMILES string of the molecule is CCOC(=O)[C@H]1[C@H]2C(=O)N([C@H](CO)c3ccccc3)C(C(=O)NCCN3CCOCC3)C23CC(C)[C@]1(C)O3. The molecule has 1 spiro atoms. The van der Waals surface area contributed by atoms with E-state index < -0.39 is 41.1 Å². The first-order valence-corrected chi connectivity index (χ1v) is 13.7. The monoisotopic (exact) mass is 529 g/mol. The van der Waals surface area contributed by atoms with Crippen molar-refractivity contribution >= 4 is 17.8 Å². The van der Waals surface area contributed by atoms with Crippen LogP contribution in [0.1, 0.15) is 38.8 Å². The summed E-state index contributed by atoms with van der Waals surface area (Å²) in [5, 5.41) is 13.6. The molecule has 0 saturated carbocycles. The number of hydrogen-bond donors (Lipinski definition) is 2. The van der Waals surface area contributed by atoms with Crippen LogP contribution in [0.3, 0.4) is 0 Å². The maximum atomic E-state index is 14.3. The Morgan fingerprint density at radius 2 is 1.95 bits per heavy atom. The van der Waals surface area contributed by atoms with Crippen LogP contribution in [0, 0.1) is 17.8 Å². The van der Waals surface area contributed by atoms with Crippen LogP contribution in [0.2, 0.25) is 0 Å². The van der Waals surface area contributed by atoms with E-state index in [9.17, 15) is 19.5 Å². The van der Waals surface area contributed by atoms with E-state index in [4.69, 9.17) is 14.2 Å². The van der Waals surface area contributed by atoms with E-state index >= 15 is 0 Å². The van der Waals surface area contributed by atoms with Crippen molar-refractivity contribution in [2.24, 2.45) is 17.8 Å². The van der Waals surface area contributed by atoms with Crippen molar-refractivity contribution in [3.05, 3.63) is 35.9 Å². The molecule has 0 aromatic heterocycles. The van der Waals surface area contributed by atoms with Gasteiger partial charge in [0.1, 0.15) is 17.6 Å². The fourth-order valence-electron chi connectivity index (χ4n) is 7.19. The van der Waals surface area contributed by atoms with Gasteiger partial charge in [-0.3, -0.25) is 19.3 Å². The summed E-state index contributed by atoms with van der Waals surface area (Å²) in [6.07, 6.45) is 0.459. The van der Waals surface area contributed by atoms with Crippen LogP contribution in [0.5, 0.6) is 0 Å². The van der Waals surface area contributed by atoms with Crippen LogP contribution >= 0.6 is 0 Å². The molecule has 2 bridgehead atoms. The van der Waals surface area contributed by atoms with Crippen molar-refractivity contribution < 1.29 is 33.7 Å². The highest BCUT2D eigenvalue weighted by molar-refractivity contribution is 5.98. The number of fused-ring (bicyclic) bond motifs is 1. The van der Waals surface area contributed by atoms with Gasteiger partial charge in [0.25, 0.3) is 0 Å². The summed E-state index contributed by atoms with van der Waals surface area (Å²) in [4.78, 5) is 45.3. The third-order valence-electron chi connectivity index (χ3n) is 9.07. The number of nitrogens with one attached hydrogen (secondary N) is 1. The van der Waals surface area contributed by atoms with Gasteiger partial charge in [0, 0.05) is 26.2 Å². The van der Waals surface area contributed by atoms with E-state index in [1.54, 1.807) is 6.92 Å². The van der Waals surface area contributed by atoms with Gasteiger partial charge in [-0.2, -0.15) is 0 Å². The average molecular weight is 530 g/mol. The lowest BCUT2D eigenvalue weighted by Crippen LogP contribution is -2.57. The molecule has 4 aliphatic rings. The highest BCUT2D eigenvalue weighted by atomic mass is 16.6. The Morgan fingerprint density at radius 1 is 1.24 bits per heavy atom. The van der Waals surface area contributed by atoms with Gasteiger partial charge in [-0.15, -0.1) is 0 Å². The van der Waals surface area contributed by atoms with Crippen LogP contribution in [-0.4, -0.2) is 103 Å². The minimum Gasteiger partial charge on any atom is -0.466 e. The van der Waals surface area contributed by atoms with Gasteiger partial charge < -0.3 is 29.5 Å². The van der Waals surface area contributed by atoms with Gasteiger partial charge in [0.15, 0.2) is 0 Å². The lowest BCUT2D eigenvalue weighted by Gasteiger charge is -2.37. The number of morpholine rings is 1. The summed E-state index contributed by atoms with van der Waals surface area (Å²) in [6.45, 7) is 9.41. The van der Waals surface area contributed by atoms with Gasteiger partial charge in [0.2, 0.25) is 11.8 Å². The summed E-state index contributed by atoms with van der Waals surface area (Å²) < 4.78 is 17.5. The number of aliphatic hydroxyl groups is 1. The van der Waals surface area contributed by atoms with Gasteiger partial charge >= 0.3 is 5.97 Å². The highest BCUT2D eigenvalue weighted by Gasteiger charge is 2.80. The molecule has 38 heavy (non-hydrogen) atoms. The summed E-state index contributed by atoms with van der Waals surface area (Å²) >= 11 is 0. The molecule has 3 unspecified atom stereocenters. The van der Waals surface area contributed by atoms with Crippen molar-refractivity contribution in [3.8, 4) is 0 Å². The summed E-state index contributed by atoms with van der Waals surface area (Å²) in [5.41, 5.74) is -1.40. The summed E-state index contributed by atoms with van der Waals surface area (Å²) in [6, 6.07) is 7.44. The van der Waals surface area contributed by atoms with Crippen molar-refractivity contribution in [1.82, 2.24) is 15.1 Å². The molecule has 10 nitrogen and oxygen atoms in total. The lowest BCUT2D eigenvalue weighted by molar-refractivity contribution is -0.162. The lowest BCUT2D eigenvalue weighted by atomic mass is 9.62. The van der Waals surface area contributed by atoms with E-state index in [1.807, 2.05) is 44.2 Å². The molecule has 1 aromatic rings. The molecule has 7 atom stereocenters. The molecule has 4 saturated heterocycles. The second-order valence-electron chi connectivity index (χ2n) is 11.1. The van der Waals surface area contributed by atoms with E-state index in [-0.39, 0.29) is 30.9 Å². The van der Waals surface area contributed by atoms with Gasteiger partial charge in [-0.05, 0) is 31.7 Å². The number of benzene rings is 1. The highest BCUT2D eigenvalue weighted by Crippen LogP contribution is 2.66. The minimum absolute atomic E-state index is 0.0751. The second kappa shape index (κ2) is 10.6. The molecule has 10 heteroatoms. The molecular weight excluding hydrogens is 490 g/mol. The van der Waals surface area contributed by atoms with Gasteiger partial charge in [0.05, 0.1) is 44.0 Å². The molecule has 2 N–H and O–H groups in total. The van der Waals surface area contributed by atoms with Crippen LogP contribution in [0.15, 0.2) is 30.3 Å². The van der Waals surface area contributed by atoms with Crippen LogP contribution in [0.25, 0.3) is 0 Å². The first kappa shape index (κ1) is 27.1. The number of nitrogens with zero attached hydrogens (tertiary/aromatic N) is 2. The minimum atomic E-state index is -1.19. The first-order valence-electron chi connectivity index (χ1n) is 13.7. The number of ether oxygens (including phenoxy) is 3. The Labute approximate surface area is 223 Å². The number of esters is 1. The molecule has 0 radical (unpaired) electrons. The standard InChI is InChI=1S/C28H39N3O7/c1-4-37-26(35)22-21-25(34)31(20(17-32)19-8-6-5-7-9-19)23(28(21)16-18(2)27(22,3)38-28)24(33)29-10-11-30-12-14-36-15-13-30/h5-9,18,20-23,32H,4,10-17H2,1-3H3,(H,29,33)/t18?,20-,21+,22-,23?,27+,28?/m1/s1. The number of likely N-dealkylation sites (tertiary alicyclic amines) is 1. The predicted octanol–water partition coefficient (Wildman–Crippen LogP) is 0.742. The Bertz CT molecular complexity index is 1050. The molecule has 5 rings (SSSR count). The molecule has 2 amide bonds. The molecule has 4 fully saturated rings. The number of hydrogen-bond acceptors (Lipinski definition) is 8. The van der Waals surface area contributed by atoms with E-state index in [2.05, 4.69) is 10.2 Å². The largest absolute Gasteiger partial charge is 0.466 e. The van der Waals surface area contributed by atoms with Crippen molar-refractivity contribution in [3.63, 3.8) is 0 Å². The van der Waals surface area contributed by atoms with Gasteiger partial charge in [-0.25, -0.2) is 0 Å². The number of carbonyl (C=O) groups is 3. The maximum Gasteiger partial charge on any atom is 0.312 e. The molecule has 208 valence electrons. The normalized spacial score (nSPS) is 35.3. The maximum absolute atomic E-state index is 14.3. The molecule has 4 heterocycles. The fraction of sp³-hybridized carbons (Fsp3) is 0.679. The first-order chi connectivity index (χ1) is 18.3. The Balaban J connectivity index is 1.50. The zero-order valence-corrected chi connectivity index (χ0v) is 22.4. The zero-order chi connectivity index (χ0) is 27.1. The molecule has 1 aromatic carbocycles. The third-order valence-corrected chi connectivity index (χ3v) is 9.07. The van der Waals surface area contributed by atoms with Gasteiger partial charge in [-0.1, -0.05) is 37.3 Å². The molecule has 4 aliphatic heterocycles. The smallest absolute Gasteiger partial charge is 0.312 e. The van der Waals surface area contributed by atoms with E-state index in [1.165, 1.54) is 4.90 Å². The zero-order valence-electron chi connectivity index (χ0n) is 22.4. The van der Waals surface area contributed by atoms with Crippen molar-refractivity contribution in [1.29, 1.82) is 0 Å². The summed E-state index contributed by atoms with van der Waals surface area (Å²) in [5.74, 6) is -2.93.